The summed E-state index contributed by atoms with van der Waals surface area (Å²) in [5, 5.41) is 20.1. The van der Waals surface area contributed by atoms with E-state index in [1.165, 1.54) is 7.11 Å². The average molecular weight is 686 g/mol. The second kappa shape index (κ2) is 18.0. The van der Waals surface area contributed by atoms with Crippen molar-refractivity contribution in [2.45, 2.75) is 98.2 Å². The van der Waals surface area contributed by atoms with Crippen LogP contribution in [0, 0.1) is 17.0 Å². The lowest BCUT2D eigenvalue weighted by Crippen LogP contribution is -2.71. The first-order valence-electron chi connectivity index (χ1n) is 16.7. The normalized spacial score (nSPS) is 20.4. The minimum Gasteiger partial charge on any atom is -0.610 e. The number of nitrogens with one attached hydrogen (secondary N) is 3. The lowest BCUT2D eigenvalue weighted by molar-refractivity contribution is -0.954. The van der Waals surface area contributed by atoms with Crippen LogP contribution < -0.4 is 16.1 Å². The highest BCUT2D eigenvalue weighted by atomic mass is 16.8. The number of methoxy groups -OCH3 is 1. The van der Waals surface area contributed by atoms with Gasteiger partial charge in [-0.2, -0.15) is 5.43 Å². The number of rotatable bonds is 15. The molecular formula is C35H51N5O9. The van der Waals surface area contributed by atoms with Crippen molar-refractivity contribution in [1.29, 1.82) is 0 Å². The number of fused-ring (bicyclic) bond motifs is 1. The predicted molar refractivity (Wildman–Crippen MR) is 183 cm³/mol. The first kappa shape index (κ1) is 39.3. The molecule has 0 aliphatic carbocycles. The lowest BCUT2D eigenvalue weighted by Gasteiger charge is -2.50. The number of esters is 1. The van der Waals surface area contributed by atoms with Crippen molar-refractivity contribution in [1.82, 2.24) is 21.0 Å². The molecule has 2 aromatic rings. The van der Waals surface area contributed by atoms with Gasteiger partial charge in [-0.1, -0.05) is 51.1 Å². The van der Waals surface area contributed by atoms with Gasteiger partial charge in [-0.05, 0) is 57.2 Å². The Balaban J connectivity index is 1.80. The number of hydroxylamine groups is 2. The van der Waals surface area contributed by atoms with E-state index in [9.17, 15) is 24.4 Å². The molecule has 1 fully saturated rings. The van der Waals surface area contributed by atoms with Crippen molar-refractivity contribution < 1.29 is 42.9 Å². The lowest BCUT2D eigenvalue weighted by atomic mass is 9.97. The Bertz CT molecular complexity index is 1480. The number of hydrogen-bond acceptors (Lipinski definition) is 11. The van der Waals surface area contributed by atoms with Gasteiger partial charge in [0.2, 0.25) is 11.8 Å². The van der Waals surface area contributed by atoms with E-state index in [0.717, 1.165) is 28.6 Å². The Morgan fingerprint density at radius 3 is 2.43 bits per heavy atom. The van der Waals surface area contributed by atoms with Crippen LogP contribution in [0.1, 0.15) is 72.6 Å². The monoisotopic (exact) mass is 685 g/mol. The fraction of sp³-hybridized carbons (Fsp3) is 0.571. The number of carbonyl (C=O) groups excluding carboxylic acids is 4. The van der Waals surface area contributed by atoms with Gasteiger partial charge >= 0.3 is 12.1 Å². The molecule has 0 bridgehead atoms. The molecule has 3 N–H and O–H groups in total. The maximum absolute atomic E-state index is 13.9. The van der Waals surface area contributed by atoms with Crippen molar-refractivity contribution in [3.05, 3.63) is 52.9 Å². The Labute approximate surface area is 288 Å². The van der Waals surface area contributed by atoms with Crippen molar-refractivity contribution in [2.75, 3.05) is 20.4 Å². The van der Waals surface area contributed by atoms with Gasteiger partial charge in [-0.3, -0.25) is 24.1 Å². The van der Waals surface area contributed by atoms with E-state index >= 15 is 0 Å². The molecule has 1 aliphatic rings. The third-order valence-electron chi connectivity index (χ3n) is 8.35. The van der Waals surface area contributed by atoms with E-state index in [0.29, 0.717) is 12.8 Å². The molecule has 49 heavy (non-hydrogen) atoms. The highest BCUT2D eigenvalue weighted by Gasteiger charge is 2.39. The summed E-state index contributed by atoms with van der Waals surface area (Å²) in [6.45, 7) is 11.8. The van der Waals surface area contributed by atoms with E-state index in [4.69, 9.17) is 23.9 Å². The zero-order valence-corrected chi connectivity index (χ0v) is 29.7. The van der Waals surface area contributed by atoms with Crippen LogP contribution in [0.3, 0.4) is 0 Å². The van der Waals surface area contributed by atoms with Gasteiger partial charge in [0.25, 0.3) is 0 Å². The van der Waals surface area contributed by atoms with Crippen molar-refractivity contribution in [3.63, 3.8) is 0 Å². The number of nitrogens with zero attached hydrogens (tertiary/aromatic N) is 2. The first-order chi connectivity index (χ1) is 23.2. The van der Waals surface area contributed by atoms with Crippen molar-refractivity contribution >= 4 is 40.9 Å². The fourth-order valence-corrected chi connectivity index (χ4v) is 5.39. The summed E-state index contributed by atoms with van der Waals surface area (Å²) < 4.78 is 19.5. The summed E-state index contributed by atoms with van der Waals surface area (Å²) in [6, 6.07) is 7.96. The quantitative estimate of drug-likeness (QED) is 0.106. The maximum Gasteiger partial charge on any atom is 0.510 e. The van der Waals surface area contributed by atoms with Crippen LogP contribution in [-0.2, 0) is 39.8 Å². The van der Waals surface area contributed by atoms with Gasteiger partial charge in [0.1, 0.15) is 6.04 Å². The molecule has 270 valence electrons. The number of benzene rings is 1. The number of carbonyl (C=O) groups is 4. The molecule has 2 amide bonds. The number of aryl methyl sites for hydroxylation is 1. The van der Waals surface area contributed by atoms with Gasteiger partial charge in [0.05, 0.1) is 37.3 Å². The number of amides is 2. The Kier molecular flexibility index (Phi) is 14.5. The van der Waals surface area contributed by atoms with Crippen molar-refractivity contribution in [2.24, 2.45) is 11.8 Å². The van der Waals surface area contributed by atoms with Crippen LogP contribution in [0.5, 0.6) is 0 Å². The van der Waals surface area contributed by atoms with E-state index in [2.05, 4.69) is 16.1 Å². The highest BCUT2D eigenvalue weighted by molar-refractivity contribution is 5.90. The van der Waals surface area contributed by atoms with Gasteiger partial charge in [0.15, 0.2) is 19.0 Å². The second-order valence-corrected chi connectivity index (χ2v) is 12.8. The molecule has 2 heterocycles. The number of ether oxygens (including phenoxy) is 4. The second-order valence-electron chi connectivity index (χ2n) is 12.8. The van der Waals surface area contributed by atoms with Gasteiger partial charge < -0.3 is 34.8 Å². The number of aromatic nitrogens is 1. The van der Waals surface area contributed by atoms with Crippen LogP contribution >= 0.6 is 0 Å². The predicted octanol–water partition coefficient (Wildman–Crippen LogP) is 4.11. The molecule has 0 spiro atoms. The molecule has 14 heteroatoms. The fourth-order valence-electron chi connectivity index (χ4n) is 5.39. The van der Waals surface area contributed by atoms with Gasteiger partial charge in [-0.15, -0.1) is 0 Å². The number of pyridine rings is 1. The summed E-state index contributed by atoms with van der Waals surface area (Å²) in [7, 11) is 1.25. The summed E-state index contributed by atoms with van der Waals surface area (Å²) in [4.78, 5) is 56.1. The Hall–Kier alpha value is -4.11. The standard InChI is InChI=1S/C35H51N5O9/c1-9-27-16-15-26-14-12-25(19-30(26)37-27)13-17-28(23(6)47-20-48-35(44)49-22(4)5)32(41)38-31(21(2)3)33(42)36-24(7)40(45)18-10-11-29(39-40)34(43)46-8/h12-17,19,21-24,28-29,31,39H,9-11,18,20H2,1-8H3,(H,36,42)(H,38,41)/b17-13+/t23?,24?,28-,29?,31?,40?/m1/s1. The molecule has 6 atom stereocenters. The molecule has 1 aliphatic heterocycles. The summed E-state index contributed by atoms with van der Waals surface area (Å²) in [5.74, 6) is -2.91. The highest BCUT2D eigenvalue weighted by Crippen LogP contribution is 2.21. The van der Waals surface area contributed by atoms with Crippen LogP contribution in [0.4, 0.5) is 4.79 Å². The molecule has 3 rings (SSSR count). The topological polar surface area (TPSA) is 177 Å². The molecule has 1 aromatic heterocycles. The molecule has 5 unspecified atom stereocenters. The largest absolute Gasteiger partial charge is 0.610 e. The number of hydrogen-bond donors (Lipinski definition) is 3. The van der Waals surface area contributed by atoms with Crippen molar-refractivity contribution in [3.8, 4) is 0 Å². The smallest absolute Gasteiger partial charge is 0.510 e. The Morgan fingerprint density at radius 1 is 1.06 bits per heavy atom. The minimum absolute atomic E-state index is 0.131. The van der Waals surface area contributed by atoms with E-state index in [1.807, 2.05) is 37.3 Å². The van der Waals surface area contributed by atoms with E-state index in [-0.39, 0.29) is 18.6 Å². The molecule has 1 saturated heterocycles. The average Bonchev–Trinajstić information content (AvgIpc) is 3.05. The Morgan fingerprint density at radius 2 is 1.78 bits per heavy atom. The SMILES string of the molecule is CCc1ccc2ccc(/C=C/[C@@H](C(=O)NC(C(=O)NC(C)[N+]3([O-])CCCC(C(=O)OC)N3)C(C)C)C(C)OCOC(=O)OC(C)C)cc2n1. The van der Waals surface area contributed by atoms with E-state index < -0.39 is 65.8 Å². The summed E-state index contributed by atoms with van der Waals surface area (Å²) in [6.07, 6.45) is 2.07. The third kappa shape index (κ3) is 11.2. The molecule has 14 nitrogen and oxygen atoms in total. The first-order valence-corrected chi connectivity index (χ1v) is 16.7. The molecule has 1 aromatic carbocycles. The zero-order chi connectivity index (χ0) is 36.3. The van der Waals surface area contributed by atoms with Crippen LogP contribution in [0.25, 0.3) is 17.0 Å². The van der Waals surface area contributed by atoms with Crippen LogP contribution in [-0.4, -0.2) is 84.6 Å². The number of quaternary nitrogens is 1. The molecule has 0 saturated carbocycles. The third-order valence-corrected chi connectivity index (χ3v) is 8.35. The summed E-state index contributed by atoms with van der Waals surface area (Å²) in [5.41, 5.74) is 5.32. The molecule has 0 radical (unpaired) electrons. The molecular weight excluding hydrogens is 634 g/mol. The van der Waals surface area contributed by atoms with E-state index in [1.54, 1.807) is 53.7 Å². The summed E-state index contributed by atoms with van der Waals surface area (Å²) >= 11 is 0. The zero-order valence-electron chi connectivity index (χ0n) is 29.7. The van der Waals surface area contributed by atoms with Crippen LogP contribution in [0.15, 0.2) is 36.4 Å². The maximum atomic E-state index is 13.9. The van der Waals surface area contributed by atoms with Gasteiger partial charge in [-0.25, -0.2) is 4.79 Å². The minimum atomic E-state index is -1.03. The van der Waals surface area contributed by atoms with Crippen LogP contribution in [0.2, 0.25) is 0 Å². The van der Waals surface area contributed by atoms with Gasteiger partial charge in [0, 0.05) is 24.4 Å².